The Kier molecular flexibility index (Phi) is 4.60. The highest BCUT2D eigenvalue weighted by atomic mass is 19.4. The molecule has 1 fully saturated rings. The van der Waals surface area contributed by atoms with Gasteiger partial charge in [-0.25, -0.2) is 0 Å². The Morgan fingerprint density at radius 3 is 2.68 bits per heavy atom. The maximum absolute atomic E-state index is 12.7. The van der Waals surface area contributed by atoms with Gasteiger partial charge in [-0.1, -0.05) is 0 Å². The molecule has 0 unspecified atom stereocenters. The van der Waals surface area contributed by atoms with Crippen molar-refractivity contribution in [3.05, 3.63) is 34.2 Å². The fourth-order valence-corrected chi connectivity index (χ4v) is 2.31. The quantitative estimate of drug-likeness (QED) is 0.830. The van der Waals surface area contributed by atoms with Gasteiger partial charge < -0.3 is 14.2 Å². The maximum atomic E-state index is 12.7. The van der Waals surface area contributed by atoms with Crippen LogP contribution < -0.4 is 5.56 Å². The molecule has 22 heavy (non-hydrogen) atoms. The first-order valence-corrected chi connectivity index (χ1v) is 6.87. The Bertz CT molecular complexity index is 612. The summed E-state index contributed by atoms with van der Waals surface area (Å²) < 4.78 is 44.2. The van der Waals surface area contributed by atoms with E-state index >= 15 is 0 Å². The van der Waals surface area contributed by atoms with E-state index in [4.69, 9.17) is 4.74 Å². The molecule has 0 saturated carbocycles. The zero-order valence-corrected chi connectivity index (χ0v) is 12.3. The standard InChI is InChI=1S/C14H17F3N2O3/c1-9-8-22-10(2)5-19(9)13(21)7-18-6-11(14(15,16)17)3-4-12(18)20/h3-4,6,9-10H,5,7-8H2,1-2H3/t9-,10+/m1/s1. The van der Waals surface area contributed by atoms with Crippen LogP contribution in [-0.2, 0) is 22.3 Å². The average Bonchev–Trinajstić information content (AvgIpc) is 2.42. The van der Waals surface area contributed by atoms with Crippen molar-refractivity contribution in [2.45, 2.75) is 38.7 Å². The van der Waals surface area contributed by atoms with E-state index < -0.39 is 29.8 Å². The molecule has 1 saturated heterocycles. The van der Waals surface area contributed by atoms with Crippen molar-refractivity contribution in [2.75, 3.05) is 13.2 Å². The second-order valence-corrected chi connectivity index (χ2v) is 5.42. The van der Waals surface area contributed by atoms with Gasteiger partial charge in [-0.15, -0.1) is 0 Å². The third-order valence-corrected chi connectivity index (χ3v) is 3.54. The lowest BCUT2D eigenvalue weighted by atomic mass is 10.2. The number of pyridine rings is 1. The van der Waals surface area contributed by atoms with Crippen LogP contribution in [0.4, 0.5) is 13.2 Å². The molecule has 0 bridgehead atoms. The zero-order valence-electron chi connectivity index (χ0n) is 12.3. The number of rotatable bonds is 2. The molecule has 0 spiro atoms. The number of aromatic nitrogens is 1. The molecule has 1 aliphatic rings. The lowest BCUT2D eigenvalue weighted by Crippen LogP contribution is -2.51. The van der Waals surface area contributed by atoms with E-state index in [-0.39, 0.29) is 12.1 Å². The first-order chi connectivity index (χ1) is 10.2. The summed E-state index contributed by atoms with van der Waals surface area (Å²) in [6.07, 6.45) is -4.02. The van der Waals surface area contributed by atoms with Crippen LogP contribution in [0.3, 0.4) is 0 Å². The van der Waals surface area contributed by atoms with E-state index in [1.54, 1.807) is 6.92 Å². The Morgan fingerprint density at radius 1 is 1.36 bits per heavy atom. The molecule has 2 rings (SSSR count). The van der Waals surface area contributed by atoms with Gasteiger partial charge in [0.1, 0.15) is 6.54 Å². The molecule has 0 radical (unpaired) electrons. The number of carbonyl (C=O) groups excluding carboxylic acids is 1. The van der Waals surface area contributed by atoms with Gasteiger partial charge in [-0.2, -0.15) is 13.2 Å². The van der Waals surface area contributed by atoms with Crippen molar-refractivity contribution >= 4 is 5.91 Å². The minimum atomic E-state index is -4.56. The van der Waals surface area contributed by atoms with E-state index in [1.165, 1.54) is 4.90 Å². The highest BCUT2D eigenvalue weighted by molar-refractivity contribution is 5.76. The summed E-state index contributed by atoms with van der Waals surface area (Å²) in [5, 5.41) is 0. The zero-order chi connectivity index (χ0) is 16.5. The van der Waals surface area contributed by atoms with Gasteiger partial charge in [-0.3, -0.25) is 9.59 Å². The molecule has 122 valence electrons. The molecule has 1 amide bonds. The van der Waals surface area contributed by atoms with Crippen LogP contribution in [-0.4, -0.2) is 40.7 Å². The van der Waals surface area contributed by atoms with E-state index in [0.29, 0.717) is 25.4 Å². The van der Waals surface area contributed by atoms with Crippen LogP contribution in [0.5, 0.6) is 0 Å². The van der Waals surface area contributed by atoms with Crippen molar-refractivity contribution in [1.82, 2.24) is 9.47 Å². The van der Waals surface area contributed by atoms with E-state index in [1.807, 2.05) is 6.92 Å². The number of alkyl halides is 3. The minimum Gasteiger partial charge on any atom is -0.375 e. The highest BCUT2D eigenvalue weighted by Crippen LogP contribution is 2.28. The monoisotopic (exact) mass is 318 g/mol. The predicted octanol–water partition coefficient (Wildman–Crippen LogP) is 1.50. The molecule has 1 aromatic rings. The normalized spacial score (nSPS) is 22.7. The molecule has 8 heteroatoms. The molecule has 1 aromatic heterocycles. The first-order valence-electron chi connectivity index (χ1n) is 6.87. The van der Waals surface area contributed by atoms with Crippen LogP contribution >= 0.6 is 0 Å². The smallest absolute Gasteiger partial charge is 0.375 e. The largest absolute Gasteiger partial charge is 0.417 e. The molecule has 2 atom stereocenters. The summed E-state index contributed by atoms with van der Waals surface area (Å²) in [5.74, 6) is -0.399. The van der Waals surface area contributed by atoms with Gasteiger partial charge in [0.2, 0.25) is 5.91 Å². The van der Waals surface area contributed by atoms with Crippen molar-refractivity contribution < 1.29 is 22.7 Å². The fourth-order valence-electron chi connectivity index (χ4n) is 2.31. The Hall–Kier alpha value is -1.83. The summed E-state index contributed by atoms with van der Waals surface area (Å²) >= 11 is 0. The van der Waals surface area contributed by atoms with Crippen molar-refractivity contribution in [1.29, 1.82) is 0 Å². The molecule has 0 N–H and O–H groups in total. The molecular weight excluding hydrogens is 301 g/mol. The van der Waals surface area contributed by atoms with E-state index in [0.717, 1.165) is 10.6 Å². The average molecular weight is 318 g/mol. The number of halogens is 3. The lowest BCUT2D eigenvalue weighted by molar-refractivity contribution is -0.144. The summed E-state index contributed by atoms with van der Waals surface area (Å²) in [5.41, 5.74) is -1.60. The lowest BCUT2D eigenvalue weighted by Gasteiger charge is -2.37. The molecule has 1 aliphatic heterocycles. The number of hydrogen-bond acceptors (Lipinski definition) is 3. The number of nitrogens with zero attached hydrogens (tertiary/aromatic N) is 2. The second kappa shape index (κ2) is 6.12. The third kappa shape index (κ3) is 3.68. The molecular formula is C14H17F3N2O3. The van der Waals surface area contributed by atoms with Crippen LogP contribution in [0.1, 0.15) is 19.4 Å². The predicted molar refractivity (Wildman–Crippen MR) is 72.3 cm³/mol. The van der Waals surface area contributed by atoms with Crippen LogP contribution in [0.15, 0.2) is 23.1 Å². The summed E-state index contributed by atoms with van der Waals surface area (Å²) in [7, 11) is 0. The van der Waals surface area contributed by atoms with Crippen LogP contribution in [0, 0.1) is 0 Å². The SMILES string of the molecule is C[C@@H]1CO[C@@H](C)CN1C(=O)Cn1cc(C(F)(F)F)ccc1=O. The summed E-state index contributed by atoms with van der Waals surface area (Å²) in [6, 6.07) is 1.36. The molecule has 5 nitrogen and oxygen atoms in total. The fraction of sp³-hybridized carbons (Fsp3) is 0.571. The van der Waals surface area contributed by atoms with Gasteiger partial charge in [-0.05, 0) is 19.9 Å². The molecule has 0 aliphatic carbocycles. The summed E-state index contributed by atoms with van der Waals surface area (Å²) in [6.45, 7) is 3.90. The topological polar surface area (TPSA) is 51.5 Å². The summed E-state index contributed by atoms with van der Waals surface area (Å²) in [4.78, 5) is 25.5. The first kappa shape index (κ1) is 16.5. The third-order valence-electron chi connectivity index (χ3n) is 3.54. The maximum Gasteiger partial charge on any atom is 0.417 e. The van der Waals surface area contributed by atoms with Gasteiger partial charge in [0.15, 0.2) is 0 Å². The van der Waals surface area contributed by atoms with Crippen molar-refractivity contribution in [3.63, 3.8) is 0 Å². The number of morpholine rings is 1. The van der Waals surface area contributed by atoms with Crippen molar-refractivity contribution in [2.24, 2.45) is 0 Å². The number of amides is 1. The van der Waals surface area contributed by atoms with Gasteiger partial charge in [0.05, 0.1) is 24.3 Å². The van der Waals surface area contributed by atoms with Gasteiger partial charge in [0.25, 0.3) is 5.56 Å². The van der Waals surface area contributed by atoms with Gasteiger partial charge in [0, 0.05) is 18.8 Å². The van der Waals surface area contributed by atoms with Crippen LogP contribution in [0.25, 0.3) is 0 Å². The highest BCUT2D eigenvalue weighted by Gasteiger charge is 2.32. The Labute approximate surface area is 125 Å². The Balaban J connectivity index is 2.19. The van der Waals surface area contributed by atoms with Crippen molar-refractivity contribution in [3.8, 4) is 0 Å². The number of hydrogen-bond donors (Lipinski definition) is 0. The number of carbonyl (C=O) groups is 1. The minimum absolute atomic E-state index is 0.140. The van der Waals surface area contributed by atoms with Gasteiger partial charge >= 0.3 is 6.18 Å². The second-order valence-electron chi connectivity index (χ2n) is 5.42. The Morgan fingerprint density at radius 2 is 2.05 bits per heavy atom. The van der Waals surface area contributed by atoms with Crippen LogP contribution in [0.2, 0.25) is 0 Å². The molecule has 2 heterocycles. The number of ether oxygens (including phenoxy) is 1. The van der Waals surface area contributed by atoms with E-state index in [9.17, 15) is 22.8 Å². The molecule has 0 aromatic carbocycles. The van der Waals surface area contributed by atoms with E-state index in [2.05, 4.69) is 0 Å².